The quantitative estimate of drug-likeness (QED) is 0.772. The Labute approximate surface area is 97.4 Å². The standard InChI is InChI=1S/C8H12N2O4S2/c1-6-4-9-7(15-6)5-10-16(13,14)3-2-8(11)12/h4,10H,2-3,5H2,1H3,(H,11,12). The van der Waals surface area contributed by atoms with Crippen molar-refractivity contribution in [2.24, 2.45) is 0 Å². The van der Waals surface area contributed by atoms with Crippen molar-refractivity contribution < 1.29 is 18.3 Å². The lowest BCUT2D eigenvalue weighted by molar-refractivity contribution is -0.136. The maximum Gasteiger partial charge on any atom is 0.304 e. The summed E-state index contributed by atoms with van der Waals surface area (Å²) in [5, 5.41) is 9.03. The number of carboxylic acids is 1. The summed E-state index contributed by atoms with van der Waals surface area (Å²) in [6.45, 7) is 1.99. The minimum atomic E-state index is -3.53. The van der Waals surface area contributed by atoms with Gasteiger partial charge in [0.15, 0.2) is 0 Å². The Bertz CT molecular complexity index is 466. The fourth-order valence-corrected chi connectivity index (χ4v) is 2.71. The first-order valence-electron chi connectivity index (χ1n) is 4.49. The first-order valence-corrected chi connectivity index (χ1v) is 6.96. The Hall–Kier alpha value is -0.990. The molecule has 0 spiro atoms. The molecule has 1 aromatic rings. The van der Waals surface area contributed by atoms with Gasteiger partial charge in [-0.05, 0) is 6.92 Å². The molecule has 0 amide bonds. The molecule has 2 N–H and O–H groups in total. The second-order valence-corrected chi connectivity index (χ2v) is 6.39. The number of aryl methyl sites for hydroxylation is 1. The van der Waals surface area contributed by atoms with Gasteiger partial charge in [0.25, 0.3) is 0 Å². The van der Waals surface area contributed by atoms with Crippen molar-refractivity contribution in [3.05, 3.63) is 16.1 Å². The number of thiazole rings is 1. The molecule has 0 radical (unpaired) electrons. The molecule has 0 unspecified atom stereocenters. The van der Waals surface area contributed by atoms with Gasteiger partial charge in [-0.1, -0.05) is 0 Å². The van der Waals surface area contributed by atoms with Crippen LogP contribution in [0.5, 0.6) is 0 Å². The number of rotatable bonds is 6. The molecular formula is C8H12N2O4S2. The highest BCUT2D eigenvalue weighted by molar-refractivity contribution is 7.89. The van der Waals surface area contributed by atoms with E-state index >= 15 is 0 Å². The summed E-state index contributed by atoms with van der Waals surface area (Å²) in [5.41, 5.74) is 0. The van der Waals surface area contributed by atoms with E-state index in [9.17, 15) is 13.2 Å². The van der Waals surface area contributed by atoms with E-state index in [1.165, 1.54) is 11.3 Å². The Morgan fingerprint density at radius 1 is 1.62 bits per heavy atom. The van der Waals surface area contributed by atoms with Crippen molar-refractivity contribution in [2.75, 3.05) is 5.75 Å². The van der Waals surface area contributed by atoms with Crippen LogP contribution < -0.4 is 4.72 Å². The molecule has 0 bridgehead atoms. The molecule has 1 rings (SSSR count). The Kier molecular flexibility index (Phi) is 4.39. The molecule has 6 nitrogen and oxygen atoms in total. The average Bonchev–Trinajstić information content (AvgIpc) is 2.59. The van der Waals surface area contributed by atoms with Gasteiger partial charge in [0.1, 0.15) is 5.01 Å². The summed E-state index contributed by atoms with van der Waals surface area (Å²) in [6, 6.07) is 0. The number of aromatic nitrogens is 1. The zero-order valence-corrected chi connectivity index (χ0v) is 10.3. The minimum Gasteiger partial charge on any atom is -0.481 e. The van der Waals surface area contributed by atoms with Gasteiger partial charge in [-0.3, -0.25) is 4.79 Å². The third kappa shape index (κ3) is 4.69. The molecule has 90 valence electrons. The van der Waals surface area contributed by atoms with Crippen molar-refractivity contribution >= 4 is 27.3 Å². The van der Waals surface area contributed by atoms with Crippen LogP contribution in [0.3, 0.4) is 0 Å². The van der Waals surface area contributed by atoms with Crippen molar-refractivity contribution in [1.29, 1.82) is 0 Å². The maximum absolute atomic E-state index is 11.3. The molecule has 16 heavy (non-hydrogen) atoms. The monoisotopic (exact) mass is 264 g/mol. The molecule has 8 heteroatoms. The molecule has 0 aromatic carbocycles. The molecule has 0 aliphatic carbocycles. The SMILES string of the molecule is Cc1cnc(CNS(=O)(=O)CCC(=O)O)s1. The fourth-order valence-electron chi connectivity index (χ4n) is 0.949. The third-order valence-electron chi connectivity index (χ3n) is 1.70. The number of carbonyl (C=O) groups is 1. The molecule has 0 atom stereocenters. The van der Waals surface area contributed by atoms with E-state index in [1.807, 2.05) is 6.92 Å². The average molecular weight is 264 g/mol. The van der Waals surface area contributed by atoms with Crippen LogP contribution in [0.1, 0.15) is 16.3 Å². The van der Waals surface area contributed by atoms with E-state index in [0.717, 1.165) is 4.88 Å². The topological polar surface area (TPSA) is 96.4 Å². The van der Waals surface area contributed by atoms with Gasteiger partial charge in [0.2, 0.25) is 10.0 Å². The van der Waals surface area contributed by atoms with Crippen LogP contribution in [0.15, 0.2) is 6.20 Å². The van der Waals surface area contributed by atoms with Crippen molar-refractivity contribution in [3.8, 4) is 0 Å². The number of nitrogens with zero attached hydrogens (tertiary/aromatic N) is 1. The van der Waals surface area contributed by atoms with E-state index < -0.39 is 28.2 Å². The zero-order valence-electron chi connectivity index (χ0n) is 8.63. The summed E-state index contributed by atoms with van der Waals surface area (Å²) in [4.78, 5) is 15.2. The Morgan fingerprint density at radius 2 is 2.31 bits per heavy atom. The molecule has 0 aliphatic rings. The molecule has 0 fully saturated rings. The van der Waals surface area contributed by atoms with Crippen LogP contribution in [0.4, 0.5) is 0 Å². The van der Waals surface area contributed by atoms with E-state index in [2.05, 4.69) is 9.71 Å². The lowest BCUT2D eigenvalue weighted by Gasteiger charge is -2.02. The number of hydrogen-bond acceptors (Lipinski definition) is 5. The van der Waals surface area contributed by atoms with Gasteiger partial charge in [0, 0.05) is 11.1 Å². The lowest BCUT2D eigenvalue weighted by Crippen LogP contribution is -2.27. The normalized spacial score (nSPS) is 11.6. The van der Waals surface area contributed by atoms with Gasteiger partial charge in [0.05, 0.1) is 18.7 Å². The first kappa shape index (κ1) is 13.1. The van der Waals surface area contributed by atoms with Crippen molar-refractivity contribution in [3.63, 3.8) is 0 Å². The number of sulfonamides is 1. The van der Waals surface area contributed by atoms with Gasteiger partial charge < -0.3 is 5.11 Å². The van der Waals surface area contributed by atoms with Crippen LogP contribution in [0.25, 0.3) is 0 Å². The van der Waals surface area contributed by atoms with Crippen molar-refractivity contribution in [1.82, 2.24) is 9.71 Å². The number of nitrogens with one attached hydrogen (secondary N) is 1. The molecule has 0 saturated carbocycles. The second-order valence-electron chi connectivity index (χ2n) is 3.15. The third-order valence-corrected chi connectivity index (χ3v) is 3.94. The van der Waals surface area contributed by atoms with Crippen LogP contribution in [-0.4, -0.2) is 30.2 Å². The molecule has 0 saturated heterocycles. The highest BCUT2D eigenvalue weighted by Crippen LogP contribution is 2.10. The van der Waals surface area contributed by atoms with E-state index in [0.29, 0.717) is 5.01 Å². The molecular weight excluding hydrogens is 252 g/mol. The Morgan fingerprint density at radius 3 is 2.81 bits per heavy atom. The predicted octanol–water partition coefficient (Wildman–Crippen LogP) is 0.346. The highest BCUT2D eigenvalue weighted by Gasteiger charge is 2.13. The molecule has 0 aliphatic heterocycles. The smallest absolute Gasteiger partial charge is 0.304 e. The fraction of sp³-hybridized carbons (Fsp3) is 0.500. The summed E-state index contributed by atoms with van der Waals surface area (Å²) >= 11 is 1.40. The van der Waals surface area contributed by atoms with Gasteiger partial charge in [-0.2, -0.15) is 0 Å². The van der Waals surface area contributed by atoms with E-state index in [4.69, 9.17) is 5.11 Å². The Balaban J connectivity index is 2.45. The van der Waals surface area contributed by atoms with E-state index in [1.54, 1.807) is 6.20 Å². The minimum absolute atomic E-state index is 0.112. The molecule has 1 heterocycles. The zero-order chi connectivity index (χ0) is 12.2. The van der Waals surface area contributed by atoms with Gasteiger partial charge in [-0.15, -0.1) is 11.3 Å². The second kappa shape index (κ2) is 5.37. The van der Waals surface area contributed by atoms with Crippen LogP contribution in [-0.2, 0) is 21.4 Å². The van der Waals surface area contributed by atoms with Crippen molar-refractivity contribution in [2.45, 2.75) is 19.9 Å². The predicted molar refractivity (Wildman–Crippen MR) is 59.7 cm³/mol. The van der Waals surface area contributed by atoms with Crippen LogP contribution >= 0.6 is 11.3 Å². The first-order chi connectivity index (χ1) is 7.39. The number of aliphatic carboxylic acids is 1. The lowest BCUT2D eigenvalue weighted by atomic mass is 10.5. The summed E-state index contributed by atoms with van der Waals surface area (Å²) in [7, 11) is -3.53. The summed E-state index contributed by atoms with van der Waals surface area (Å²) in [5.74, 6) is -1.54. The number of hydrogen-bond donors (Lipinski definition) is 2. The maximum atomic E-state index is 11.3. The largest absolute Gasteiger partial charge is 0.481 e. The van der Waals surface area contributed by atoms with Gasteiger partial charge in [-0.25, -0.2) is 18.1 Å². The van der Waals surface area contributed by atoms with E-state index in [-0.39, 0.29) is 6.54 Å². The van der Waals surface area contributed by atoms with Crippen LogP contribution in [0, 0.1) is 6.92 Å². The van der Waals surface area contributed by atoms with Gasteiger partial charge >= 0.3 is 5.97 Å². The highest BCUT2D eigenvalue weighted by atomic mass is 32.2. The summed E-state index contributed by atoms with van der Waals surface area (Å²) in [6.07, 6.45) is 1.26. The molecule has 1 aromatic heterocycles. The van der Waals surface area contributed by atoms with Crippen LogP contribution in [0.2, 0.25) is 0 Å². The summed E-state index contributed by atoms with van der Waals surface area (Å²) < 4.78 is 24.9. The number of carboxylic acid groups (broad SMARTS) is 1.